The minimum absolute atomic E-state index is 0.0338. The molecule has 26 heavy (non-hydrogen) atoms. The van der Waals surface area contributed by atoms with Crippen LogP contribution < -0.4 is 4.90 Å². The molecule has 0 radical (unpaired) electrons. The van der Waals surface area contributed by atoms with E-state index in [2.05, 4.69) is 30.7 Å². The number of rotatable bonds is 3. The summed E-state index contributed by atoms with van der Waals surface area (Å²) in [5.74, 6) is 0.149. The highest BCUT2D eigenvalue weighted by molar-refractivity contribution is 7.13. The van der Waals surface area contributed by atoms with Crippen LogP contribution in [0, 0.1) is 0 Å². The minimum atomic E-state index is -0.0338. The molecule has 0 saturated carbocycles. The van der Waals surface area contributed by atoms with Crippen molar-refractivity contribution in [1.29, 1.82) is 0 Å². The van der Waals surface area contributed by atoms with E-state index in [0.717, 1.165) is 29.3 Å². The number of piperazine rings is 1. The minimum Gasteiger partial charge on any atom is -0.368 e. The topological polar surface area (TPSA) is 53.5 Å². The second kappa shape index (κ2) is 7.19. The van der Waals surface area contributed by atoms with Crippen LogP contribution in [0.1, 0.15) is 52.7 Å². The van der Waals surface area contributed by atoms with E-state index in [1.165, 1.54) is 11.3 Å². The van der Waals surface area contributed by atoms with E-state index < -0.39 is 0 Å². The number of nitrogens with zero attached hydrogens (tertiary/aromatic N) is 3. The Morgan fingerprint density at radius 3 is 2.15 bits per heavy atom. The summed E-state index contributed by atoms with van der Waals surface area (Å²) in [4.78, 5) is 33.4. The van der Waals surface area contributed by atoms with Gasteiger partial charge in [0.2, 0.25) is 0 Å². The number of ketones is 1. The maximum Gasteiger partial charge on any atom is 0.265 e. The van der Waals surface area contributed by atoms with E-state index in [9.17, 15) is 9.59 Å². The molecule has 0 spiro atoms. The van der Waals surface area contributed by atoms with Crippen molar-refractivity contribution in [2.45, 2.75) is 33.1 Å². The summed E-state index contributed by atoms with van der Waals surface area (Å²) in [7, 11) is 0. The summed E-state index contributed by atoms with van der Waals surface area (Å²) in [6.45, 7) is 10.9. The zero-order valence-electron chi connectivity index (χ0n) is 15.8. The molecule has 3 rings (SSSR count). The Labute approximate surface area is 158 Å². The maximum absolute atomic E-state index is 12.7. The van der Waals surface area contributed by atoms with Crippen molar-refractivity contribution in [2.24, 2.45) is 0 Å². The second-order valence-electron chi connectivity index (χ2n) is 7.66. The fourth-order valence-corrected chi connectivity index (χ4v) is 3.89. The smallest absolute Gasteiger partial charge is 0.265 e. The average Bonchev–Trinajstić information content (AvgIpc) is 3.12. The number of carbonyl (C=O) groups excluding carboxylic acids is 2. The standard InChI is InChI=1S/C20H25N3O2S/c1-14(24)15-5-7-16(8-6-15)22-9-11-23(12-10-22)18(25)17-13-21-19(26-17)20(2,3)4/h5-8,13H,9-12H2,1-4H3. The predicted octanol–water partition coefficient (Wildman–Crippen LogP) is 3.61. The Hall–Kier alpha value is -2.21. The van der Waals surface area contributed by atoms with Gasteiger partial charge >= 0.3 is 0 Å². The molecular weight excluding hydrogens is 346 g/mol. The molecule has 0 N–H and O–H groups in total. The second-order valence-corrected chi connectivity index (χ2v) is 8.69. The van der Waals surface area contributed by atoms with Gasteiger partial charge in [-0.1, -0.05) is 20.8 Å². The van der Waals surface area contributed by atoms with Crippen LogP contribution in [-0.2, 0) is 5.41 Å². The molecule has 1 aliphatic heterocycles. The number of amides is 1. The van der Waals surface area contributed by atoms with Gasteiger partial charge in [0.05, 0.1) is 11.2 Å². The molecule has 1 aliphatic rings. The third-order valence-electron chi connectivity index (χ3n) is 4.56. The van der Waals surface area contributed by atoms with Crippen LogP contribution in [0.25, 0.3) is 0 Å². The molecule has 1 saturated heterocycles. The third-order valence-corrected chi connectivity index (χ3v) is 5.98. The van der Waals surface area contributed by atoms with Crippen LogP contribution in [-0.4, -0.2) is 47.8 Å². The molecule has 1 aromatic carbocycles. The lowest BCUT2D eigenvalue weighted by molar-refractivity contribution is 0.0751. The number of Topliss-reactive ketones (excluding diaryl/α,β-unsaturated/α-hetero) is 1. The molecule has 5 nitrogen and oxygen atoms in total. The van der Waals surface area contributed by atoms with E-state index in [-0.39, 0.29) is 17.1 Å². The quantitative estimate of drug-likeness (QED) is 0.774. The molecule has 0 unspecified atom stereocenters. The summed E-state index contributed by atoms with van der Waals surface area (Å²) < 4.78 is 0. The third kappa shape index (κ3) is 3.96. The molecule has 6 heteroatoms. The van der Waals surface area contributed by atoms with Crippen LogP contribution in [0.15, 0.2) is 30.5 Å². The summed E-state index contributed by atoms with van der Waals surface area (Å²) >= 11 is 1.50. The van der Waals surface area contributed by atoms with E-state index >= 15 is 0 Å². The number of hydrogen-bond acceptors (Lipinski definition) is 5. The highest BCUT2D eigenvalue weighted by Crippen LogP contribution is 2.28. The number of benzene rings is 1. The first-order chi connectivity index (χ1) is 12.3. The first-order valence-corrected chi connectivity index (χ1v) is 9.69. The highest BCUT2D eigenvalue weighted by atomic mass is 32.1. The number of anilines is 1. The maximum atomic E-state index is 12.7. The van der Waals surface area contributed by atoms with Gasteiger partial charge in [-0.15, -0.1) is 11.3 Å². The Kier molecular flexibility index (Phi) is 5.14. The molecule has 2 aromatic rings. The van der Waals surface area contributed by atoms with E-state index in [4.69, 9.17) is 0 Å². The summed E-state index contributed by atoms with van der Waals surface area (Å²) in [6, 6.07) is 7.68. The van der Waals surface area contributed by atoms with Crippen molar-refractivity contribution in [3.8, 4) is 0 Å². The Balaban J connectivity index is 1.62. The van der Waals surface area contributed by atoms with Gasteiger partial charge in [-0.3, -0.25) is 9.59 Å². The number of carbonyl (C=O) groups is 2. The van der Waals surface area contributed by atoms with Crippen LogP contribution in [0.4, 0.5) is 5.69 Å². The lowest BCUT2D eigenvalue weighted by Gasteiger charge is -2.36. The Morgan fingerprint density at radius 1 is 1.04 bits per heavy atom. The highest BCUT2D eigenvalue weighted by Gasteiger charge is 2.26. The van der Waals surface area contributed by atoms with Crippen molar-refractivity contribution in [2.75, 3.05) is 31.1 Å². The number of thiazole rings is 1. The number of aromatic nitrogens is 1. The molecule has 1 aromatic heterocycles. The van der Waals surface area contributed by atoms with Crippen LogP contribution >= 0.6 is 11.3 Å². The van der Waals surface area contributed by atoms with Crippen LogP contribution in [0.3, 0.4) is 0 Å². The lowest BCUT2D eigenvalue weighted by atomic mass is 9.98. The van der Waals surface area contributed by atoms with E-state index in [0.29, 0.717) is 18.0 Å². The molecule has 0 bridgehead atoms. The SMILES string of the molecule is CC(=O)c1ccc(N2CCN(C(=O)c3cnc(C(C)(C)C)s3)CC2)cc1. The van der Waals surface area contributed by atoms with Crippen LogP contribution in [0.2, 0.25) is 0 Å². The monoisotopic (exact) mass is 371 g/mol. The largest absolute Gasteiger partial charge is 0.368 e. The fourth-order valence-electron chi connectivity index (χ4n) is 2.95. The Bertz CT molecular complexity index is 797. The zero-order chi connectivity index (χ0) is 18.9. The van der Waals surface area contributed by atoms with Gasteiger partial charge in [-0.25, -0.2) is 4.98 Å². The zero-order valence-corrected chi connectivity index (χ0v) is 16.6. The van der Waals surface area contributed by atoms with E-state index in [1.807, 2.05) is 29.2 Å². The molecule has 1 fully saturated rings. The molecule has 0 atom stereocenters. The van der Waals surface area contributed by atoms with Gasteiger partial charge in [0.1, 0.15) is 4.88 Å². The fraction of sp³-hybridized carbons (Fsp3) is 0.450. The summed E-state index contributed by atoms with van der Waals surface area (Å²) in [5.41, 5.74) is 1.78. The van der Waals surface area contributed by atoms with Gasteiger partial charge < -0.3 is 9.80 Å². The van der Waals surface area contributed by atoms with Crippen molar-refractivity contribution in [3.63, 3.8) is 0 Å². The van der Waals surface area contributed by atoms with Crippen molar-refractivity contribution in [1.82, 2.24) is 9.88 Å². The molecule has 2 heterocycles. The van der Waals surface area contributed by atoms with Crippen molar-refractivity contribution in [3.05, 3.63) is 45.9 Å². The van der Waals surface area contributed by atoms with E-state index in [1.54, 1.807) is 13.1 Å². The first-order valence-electron chi connectivity index (χ1n) is 8.87. The van der Waals surface area contributed by atoms with Crippen molar-refractivity contribution >= 4 is 28.7 Å². The van der Waals surface area contributed by atoms with Gasteiger partial charge in [-0.05, 0) is 31.2 Å². The first kappa shape index (κ1) is 18.6. The molecule has 138 valence electrons. The Morgan fingerprint density at radius 2 is 1.65 bits per heavy atom. The summed E-state index contributed by atoms with van der Waals surface area (Å²) in [5, 5.41) is 0.991. The van der Waals surface area contributed by atoms with Gasteiger partial charge in [-0.2, -0.15) is 0 Å². The predicted molar refractivity (Wildman–Crippen MR) is 105 cm³/mol. The lowest BCUT2D eigenvalue weighted by Crippen LogP contribution is -2.48. The normalized spacial score (nSPS) is 15.2. The number of hydrogen-bond donors (Lipinski definition) is 0. The van der Waals surface area contributed by atoms with Crippen molar-refractivity contribution < 1.29 is 9.59 Å². The van der Waals surface area contributed by atoms with Crippen LogP contribution in [0.5, 0.6) is 0 Å². The van der Waals surface area contributed by atoms with Gasteiger partial charge in [0.15, 0.2) is 5.78 Å². The van der Waals surface area contributed by atoms with Gasteiger partial charge in [0, 0.05) is 42.8 Å². The average molecular weight is 372 g/mol. The van der Waals surface area contributed by atoms with Gasteiger partial charge in [0.25, 0.3) is 5.91 Å². The molecule has 1 amide bonds. The molecule has 0 aliphatic carbocycles. The summed E-state index contributed by atoms with van der Waals surface area (Å²) in [6.07, 6.45) is 1.71. The molecular formula is C20H25N3O2S.